The monoisotopic (exact) mass is 233 g/mol. The van der Waals surface area contributed by atoms with Crippen molar-refractivity contribution >= 4 is 5.91 Å². The number of carbonyl (C=O) groups is 1. The molecule has 1 N–H and O–H groups in total. The highest BCUT2D eigenvalue weighted by Gasteiger charge is 2.48. The van der Waals surface area contributed by atoms with Gasteiger partial charge in [0.25, 0.3) is 0 Å². The zero-order valence-corrected chi connectivity index (χ0v) is 9.18. The highest BCUT2D eigenvalue weighted by Crippen LogP contribution is 2.42. The molecular formula is C11H17F2NO2. The van der Waals surface area contributed by atoms with Crippen molar-refractivity contribution in [2.75, 3.05) is 19.8 Å². The van der Waals surface area contributed by atoms with E-state index in [1.54, 1.807) is 0 Å². The minimum absolute atomic E-state index is 0.211. The third-order valence-corrected chi connectivity index (χ3v) is 3.37. The Balaban J connectivity index is 1.64. The minimum Gasteiger partial charge on any atom is -0.381 e. The van der Waals surface area contributed by atoms with Gasteiger partial charge in [0, 0.05) is 38.5 Å². The van der Waals surface area contributed by atoms with Gasteiger partial charge in [-0.1, -0.05) is 0 Å². The molecule has 1 amide bonds. The van der Waals surface area contributed by atoms with Crippen LogP contribution in [0.2, 0.25) is 0 Å². The van der Waals surface area contributed by atoms with Gasteiger partial charge in [-0.05, 0) is 18.8 Å². The fourth-order valence-electron chi connectivity index (χ4n) is 2.19. The van der Waals surface area contributed by atoms with Gasteiger partial charge < -0.3 is 10.1 Å². The molecule has 1 aliphatic heterocycles. The first kappa shape index (κ1) is 11.8. The van der Waals surface area contributed by atoms with E-state index in [2.05, 4.69) is 5.32 Å². The number of halogens is 2. The molecule has 92 valence electrons. The lowest BCUT2D eigenvalue weighted by atomic mass is 9.80. The summed E-state index contributed by atoms with van der Waals surface area (Å²) < 4.78 is 30.3. The van der Waals surface area contributed by atoms with E-state index in [1.807, 2.05) is 0 Å². The lowest BCUT2D eigenvalue weighted by Crippen LogP contribution is -2.46. The molecule has 0 aromatic carbocycles. The summed E-state index contributed by atoms with van der Waals surface area (Å²) in [6, 6.07) is 0. The maximum atomic E-state index is 12.5. The van der Waals surface area contributed by atoms with E-state index in [1.165, 1.54) is 0 Å². The number of ether oxygens (including phenoxy) is 1. The molecule has 3 nitrogen and oxygen atoms in total. The average Bonchev–Trinajstić information content (AvgIpc) is 2.24. The lowest BCUT2D eigenvalue weighted by molar-refractivity contribution is -0.150. The van der Waals surface area contributed by atoms with E-state index < -0.39 is 11.8 Å². The quantitative estimate of drug-likeness (QED) is 0.803. The molecule has 16 heavy (non-hydrogen) atoms. The second-order valence-corrected chi connectivity index (χ2v) is 4.76. The van der Waals surface area contributed by atoms with Crippen LogP contribution in [-0.2, 0) is 9.53 Å². The lowest BCUT2D eigenvalue weighted by Gasteiger charge is -2.34. The van der Waals surface area contributed by atoms with Crippen molar-refractivity contribution in [1.29, 1.82) is 0 Å². The molecule has 2 fully saturated rings. The number of amides is 1. The smallest absolute Gasteiger partial charge is 0.249 e. The Morgan fingerprint density at radius 3 is 2.50 bits per heavy atom. The van der Waals surface area contributed by atoms with Crippen molar-refractivity contribution in [3.05, 3.63) is 0 Å². The number of hydrogen-bond donors (Lipinski definition) is 1. The highest BCUT2D eigenvalue weighted by molar-refractivity contribution is 5.79. The molecule has 1 saturated carbocycles. The maximum Gasteiger partial charge on any atom is 0.249 e. The zero-order valence-electron chi connectivity index (χ0n) is 9.18. The van der Waals surface area contributed by atoms with Gasteiger partial charge in [0.15, 0.2) is 0 Å². The van der Waals surface area contributed by atoms with Crippen LogP contribution >= 0.6 is 0 Å². The van der Waals surface area contributed by atoms with Crippen molar-refractivity contribution in [1.82, 2.24) is 5.32 Å². The van der Waals surface area contributed by atoms with Crippen molar-refractivity contribution in [2.24, 2.45) is 11.8 Å². The number of carbonyl (C=O) groups excluding carboxylic acids is 1. The van der Waals surface area contributed by atoms with Gasteiger partial charge in [-0.25, -0.2) is 8.78 Å². The van der Waals surface area contributed by atoms with Gasteiger partial charge in [-0.2, -0.15) is 0 Å². The standard InChI is InChI=1S/C11H17F2NO2/c12-11(13)5-9(6-11)10(15)14-7-8-1-3-16-4-2-8/h8-9H,1-7H2,(H,14,15). The van der Waals surface area contributed by atoms with E-state index in [4.69, 9.17) is 4.74 Å². The first-order valence-electron chi connectivity index (χ1n) is 5.80. The molecule has 1 aliphatic carbocycles. The number of hydrogen-bond acceptors (Lipinski definition) is 2. The molecule has 1 heterocycles. The molecule has 5 heteroatoms. The predicted octanol–water partition coefficient (Wildman–Crippen LogP) is 1.57. The molecule has 0 spiro atoms. The van der Waals surface area contributed by atoms with Crippen LogP contribution in [0.3, 0.4) is 0 Å². The topological polar surface area (TPSA) is 38.3 Å². The molecule has 0 atom stereocenters. The van der Waals surface area contributed by atoms with Crippen LogP contribution in [0.5, 0.6) is 0 Å². The average molecular weight is 233 g/mol. The summed E-state index contributed by atoms with van der Waals surface area (Å²) in [5.41, 5.74) is 0. The maximum absolute atomic E-state index is 12.5. The Morgan fingerprint density at radius 2 is 1.94 bits per heavy atom. The third kappa shape index (κ3) is 2.90. The first-order chi connectivity index (χ1) is 7.57. The van der Waals surface area contributed by atoms with Crippen LogP contribution < -0.4 is 5.32 Å². The number of nitrogens with one attached hydrogen (secondary N) is 1. The van der Waals surface area contributed by atoms with E-state index >= 15 is 0 Å². The normalized spacial score (nSPS) is 26.1. The summed E-state index contributed by atoms with van der Waals surface area (Å²) >= 11 is 0. The largest absolute Gasteiger partial charge is 0.381 e. The molecule has 2 aliphatic rings. The molecule has 0 unspecified atom stereocenters. The van der Waals surface area contributed by atoms with Crippen molar-refractivity contribution in [3.8, 4) is 0 Å². The van der Waals surface area contributed by atoms with Gasteiger partial charge >= 0.3 is 0 Å². The van der Waals surface area contributed by atoms with Crippen LogP contribution in [0, 0.1) is 11.8 Å². The van der Waals surface area contributed by atoms with E-state index in [9.17, 15) is 13.6 Å². The van der Waals surface area contributed by atoms with Gasteiger partial charge in [0.2, 0.25) is 11.8 Å². The second-order valence-electron chi connectivity index (χ2n) is 4.76. The second kappa shape index (κ2) is 4.65. The van der Waals surface area contributed by atoms with E-state index in [0.29, 0.717) is 12.5 Å². The van der Waals surface area contributed by atoms with Crippen LogP contribution in [0.1, 0.15) is 25.7 Å². The molecule has 0 aromatic heterocycles. The van der Waals surface area contributed by atoms with Gasteiger partial charge in [-0.15, -0.1) is 0 Å². The molecule has 2 rings (SSSR count). The molecule has 1 saturated heterocycles. The SMILES string of the molecule is O=C(NCC1CCOCC1)C1CC(F)(F)C1. The fourth-order valence-corrected chi connectivity index (χ4v) is 2.19. The molecule has 0 aromatic rings. The summed E-state index contributed by atoms with van der Waals surface area (Å²) in [7, 11) is 0. The predicted molar refractivity (Wildman–Crippen MR) is 54.2 cm³/mol. The Hall–Kier alpha value is -0.710. The van der Waals surface area contributed by atoms with Crippen LogP contribution in [-0.4, -0.2) is 31.6 Å². The summed E-state index contributed by atoms with van der Waals surface area (Å²) in [5.74, 6) is -2.86. The van der Waals surface area contributed by atoms with Gasteiger partial charge in [-0.3, -0.25) is 4.79 Å². The first-order valence-corrected chi connectivity index (χ1v) is 5.80. The third-order valence-electron chi connectivity index (χ3n) is 3.37. The molecule has 0 bridgehead atoms. The Kier molecular flexibility index (Phi) is 3.42. The van der Waals surface area contributed by atoms with Gasteiger partial charge in [0.1, 0.15) is 0 Å². The Bertz CT molecular complexity index is 257. The van der Waals surface area contributed by atoms with Crippen LogP contribution in [0.4, 0.5) is 8.78 Å². The summed E-state index contributed by atoms with van der Waals surface area (Å²) in [5, 5.41) is 2.76. The van der Waals surface area contributed by atoms with Crippen molar-refractivity contribution in [2.45, 2.75) is 31.6 Å². The van der Waals surface area contributed by atoms with Crippen LogP contribution in [0.25, 0.3) is 0 Å². The van der Waals surface area contributed by atoms with Crippen molar-refractivity contribution < 1.29 is 18.3 Å². The minimum atomic E-state index is -2.61. The van der Waals surface area contributed by atoms with Gasteiger partial charge in [0.05, 0.1) is 0 Å². The molecule has 0 radical (unpaired) electrons. The number of alkyl halides is 2. The number of rotatable bonds is 3. The van der Waals surface area contributed by atoms with E-state index in [-0.39, 0.29) is 18.7 Å². The fraction of sp³-hybridized carbons (Fsp3) is 0.909. The molecular weight excluding hydrogens is 216 g/mol. The highest BCUT2D eigenvalue weighted by atomic mass is 19.3. The summed E-state index contributed by atoms with van der Waals surface area (Å²) in [6.07, 6.45) is 1.32. The Morgan fingerprint density at radius 1 is 1.31 bits per heavy atom. The Labute approximate surface area is 93.5 Å². The summed E-state index contributed by atoms with van der Waals surface area (Å²) in [4.78, 5) is 11.5. The summed E-state index contributed by atoms with van der Waals surface area (Å²) in [6.45, 7) is 2.08. The van der Waals surface area contributed by atoms with Crippen LogP contribution in [0.15, 0.2) is 0 Å². The zero-order chi connectivity index (χ0) is 11.6. The van der Waals surface area contributed by atoms with Crippen molar-refractivity contribution in [3.63, 3.8) is 0 Å². The van der Waals surface area contributed by atoms with E-state index in [0.717, 1.165) is 26.1 Å².